The van der Waals surface area contributed by atoms with Crippen molar-refractivity contribution in [3.05, 3.63) is 71.8 Å². The van der Waals surface area contributed by atoms with Gasteiger partial charge in [-0.1, -0.05) is 60.7 Å². The van der Waals surface area contributed by atoms with Crippen molar-refractivity contribution >= 4 is 10.0 Å². The summed E-state index contributed by atoms with van der Waals surface area (Å²) in [6.07, 6.45) is 0.450. The summed E-state index contributed by atoms with van der Waals surface area (Å²) in [6, 6.07) is 18.7. The quantitative estimate of drug-likeness (QED) is 0.822. The maximum atomic E-state index is 12.2. The maximum Gasteiger partial charge on any atom is 0.212 e. The Morgan fingerprint density at radius 3 is 1.81 bits per heavy atom. The summed E-state index contributed by atoms with van der Waals surface area (Å²) >= 11 is 0. The van der Waals surface area contributed by atoms with Gasteiger partial charge in [0.15, 0.2) is 0 Å². The summed E-state index contributed by atoms with van der Waals surface area (Å²) in [4.78, 5) is 0. The highest BCUT2D eigenvalue weighted by Crippen LogP contribution is 2.22. The molecule has 0 aliphatic rings. The summed E-state index contributed by atoms with van der Waals surface area (Å²) in [5, 5.41) is 0. The molecule has 21 heavy (non-hydrogen) atoms. The number of hydrogen-bond donors (Lipinski definition) is 2. The van der Waals surface area contributed by atoms with Crippen molar-refractivity contribution in [1.82, 2.24) is 4.72 Å². The van der Waals surface area contributed by atoms with Crippen LogP contribution in [0.3, 0.4) is 0 Å². The van der Waals surface area contributed by atoms with Crippen molar-refractivity contribution in [2.75, 3.05) is 12.3 Å². The zero-order valence-corrected chi connectivity index (χ0v) is 12.6. The minimum absolute atomic E-state index is 0.0413. The van der Waals surface area contributed by atoms with Crippen LogP contribution in [-0.2, 0) is 10.0 Å². The molecule has 0 bridgehead atoms. The second-order valence-electron chi connectivity index (χ2n) is 4.83. The molecule has 5 heteroatoms. The first-order valence-corrected chi connectivity index (χ1v) is 8.57. The van der Waals surface area contributed by atoms with Gasteiger partial charge in [0, 0.05) is 0 Å². The van der Waals surface area contributed by atoms with Gasteiger partial charge in [-0.2, -0.15) is 0 Å². The predicted molar refractivity (Wildman–Crippen MR) is 85.3 cm³/mol. The first kappa shape index (κ1) is 15.7. The fourth-order valence-corrected chi connectivity index (χ4v) is 3.43. The molecule has 0 saturated heterocycles. The van der Waals surface area contributed by atoms with Crippen LogP contribution in [0.4, 0.5) is 0 Å². The van der Waals surface area contributed by atoms with Gasteiger partial charge >= 0.3 is 0 Å². The molecule has 0 aliphatic heterocycles. The molecule has 0 unspecified atom stereocenters. The van der Waals surface area contributed by atoms with Crippen molar-refractivity contribution < 1.29 is 8.42 Å². The Bertz CT molecular complexity index is 603. The molecule has 0 aliphatic carbocycles. The number of hydrogen-bond acceptors (Lipinski definition) is 3. The Kier molecular flexibility index (Phi) is 5.50. The molecular formula is C16H20N2O2S. The van der Waals surface area contributed by atoms with E-state index in [9.17, 15) is 8.42 Å². The van der Waals surface area contributed by atoms with Gasteiger partial charge in [-0.05, 0) is 24.1 Å². The summed E-state index contributed by atoms with van der Waals surface area (Å²) in [6.45, 7) is 0.363. The standard InChI is InChI=1S/C16H20N2O2S/c17-12-7-13-21(19,20)18-16(14-8-3-1-4-9-14)15-10-5-2-6-11-15/h1-6,8-11,16,18H,7,12-13,17H2. The maximum absolute atomic E-state index is 12.2. The highest BCUT2D eigenvalue weighted by Gasteiger charge is 2.20. The van der Waals surface area contributed by atoms with Gasteiger partial charge in [0.1, 0.15) is 0 Å². The molecule has 0 fully saturated rings. The van der Waals surface area contributed by atoms with E-state index in [0.717, 1.165) is 11.1 Å². The van der Waals surface area contributed by atoms with E-state index >= 15 is 0 Å². The molecule has 2 aromatic carbocycles. The van der Waals surface area contributed by atoms with Crippen LogP contribution in [-0.4, -0.2) is 20.7 Å². The molecule has 0 spiro atoms. The Hall–Kier alpha value is -1.69. The van der Waals surface area contributed by atoms with Crippen LogP contribution in [0.2, 0.25) is 0 Å². The summed E-state index contributed by atoms with van der Waals surface area (Å²) in [5.74, 6) is 0.0413. The highest BCUT2D eigenvalue weighted by atomic mass is 32.2. The Balaban J connectivity index is 2.30. The number of sulfonamides is 1. The lowest BCUT2D eigenvalue weighted by atomic mass is 10.00. The molecule has 0 radical (unpaired) electrons. The van der Waals surface area contributed by atoms with Crippen LogP contribution in [0.25, 0.3) is 0 Å². The SMILES string of the molecule is NCCCS(=O)(=O)NC(c1ccccc1)c1ccccc1. The number of benzene rings is 2. The molecule has 0 aromatic heterocycles. The summed E-state index contributed by atoms with van der Waals surface area (Å²) in [5.41, 5.74) is 7.23. The van der Waals surface area contributed by atoms with E-state index in [1.165, 1.54) is 0 Å². The first-order chi connectivity index (χ1) is 10.1. The first-order valence-electron chi connectivity index (χ1n) is 6.92. The van der Waals surface area contributed by atoms with E-state index in [-0.39, 0.29) is 11.8 Å². The van der Waals surface area contributed by atoms with Crippen molar-refractivity contribution in [3.63, 3.8) is 0 Å². The van der Waals surface area contributed by atoms with Gasteiger partial charge in [0.05, 0.1) is 11.8 Å². The zero-order valence-electron chi connectivity index (χ0n) is 11.8. The van der Waals surface area contributed by atoms with Crippen molar-refractivity contribution in [1.29, 1.82) is 0 Å². The van der Waals surface area contributed by atoms with E-state index < -0.39 is 10.0 Å². The van der Waals surface area contributed by atoms with Gasteiger partial charge in [0.2, 0.25) is 10.0 Å². The molecule has 0 amide bonds. The minimum atomic E-state index is -3.37. The third kappa shape index (κ3) is 4.67. The fourth-order valence-electron chi connectivity index (χ4n) is 2.13. The fraction of sp³-hybridized carbons (Fsp3) is 0.250. The molecule has 0 atom stereocenters. The highest BCUT2D eigenvalue weighted by molar-refractivity contribution is 7.89. The Labute approximate surface area is 126 Å². The molecule has 0 saturated carbocycles. The van der Waals surface area contributed by atoms with Gasteiger partial charge in [-0.25, -0.2) is 13.1 Å². The van der Waals surface area contributed by atoms with Crippen LogP contribution in [0, 0.1) is 0 Å². The Morgan fingerprint density at radius 1 is 0.905 bits per heavy atom. The average Bonchev–Trinajstić information content (AvgIpc) is 2.52. The van der Waals surface area contributed by atoms with Crippen molar-refractivity contribution in [3.8, 4) is 0 Å². The van der Waals surface area contributed by atoms with E-state index in [1.807, 2.05) is 60.7 Å². The van der Waals surface area contributed by atoms with Crippen LogP contribution < -0.4 is 10.5 Å². The molecule has 2 aromatic rings. The van der Waals surface area contributed by atoms with E-state index in [1.54, 1.807) is 0 Å². The number of nitrogens with two attached hydrogens (primary N) is 1. The summed E-state index contributed by atoms with van der Waals surface area (Å²) in [7, 11) is -3.37. The zero-order chi connectivity index (χ0) is 15.1. The monoisotopic (exact) mass is 304 g/mol. The normalized spacial score (nSPS) is 11.7. The largest absolute Gasteiger partial charge is 0.330 e. The van der Waals surface area contributed by atoms with E-state index in [4.69, 9.17) is 5.73 Å². The van der Waals surface area contributed by atoms with Crippen LogP contribution in [0.5, 0.6) is 0 Å². The topological polar surface area (TPSA) is 72.2 Å². The van der Waals surface area contributed by atoms with E-state index in [2.05, 4.69) is 4.72 Å². The van der Waals surface area contributed by atoms with Gasteiger partial charge in [-0.3, -0.25) is 0 Å². The molecule has 2 rings (SSSR count). The molecule has 0 heterocycles. The third-order valence-electron chi connectivity index (χ3n) is 3.18. The molecule has 3 N–H and O–H groups in total. The van der Waals surface area contributed by atoms with Crippen LogP contribution >= 0.6 is 0 Å². The minimum Gasteiger partial charge on any atom is -0.330 e. The van der Waals surface area contributed by atoms with Gasteiger partial charge < -0.3 is 5.73 Å². The van der Waals surface area contributed by atoms with Crippen LogP contribution in [0.15, 0.2) is 60.7 Å². The molecule has 4 nitrogen and oxygen atoms in total. The smallest absolute Gasteiger partial charge is 0.212 e. The second kappa shape index (κ2) is 7.36. The lowest BCUT2D eigenvalue weighted by molar-refractivity contribution is 0.569. The number of rotatable bonds is 7. The van der Waals surface area contributed by atoms with Gasteiger partial charge in [-0.15, -0.1) is 0 Å². The summed E-state index contributed by atoms with van der Waals surface area (Å²) < 4.78 is 27.1. The molecule has 112 valence electrons. The third-order valence-corrected chi connectivity index (χ3v) is 4.60. The predicted octanol–water partition coefficient (Wildman–Crippen LogP) is 2.04. The van der Waals surface area contributed by atoms with Crippen LogP contribution in [0.1, 0.15) is 23.6 Å². The molecular weight excluding hydrogens is 284 g/mol. The lowest BCUT2D eigenvalue weighted by Gasteiger charge is -2.19. The lowest BCUT2D eigenvalue weighted by Crippen LogP contribution is -2.32. The van der Waals surface area contributed by atoms with E-state index in [0.29, 0.717) is 13.0 Å². The van der Waals surface area contributed by atoms with Crippen molar-refractivity contribution in [2.45, 2.75) is 12.5 Å². The number of nitrogens with one attached hydrogen (secondary N) is 1. The van der Waals surface area contributed by atoms with Crippen molar-refractivity contribution in [2.24, 2.45) is 5.73 Å². The van der Waals surface area contributed by atoms with Gasteiger partial charge in [0.25, 0.3) is 0 Å². The second-order valence-corrected chi connectivity index (χ2v) is 6.71. The average molecular weight is 304 g/mol. The Morgan fingerprint density at radius 2 is 1.38 bits per heavy atom.